The van der Waals surface area contributed by atoms with Gasteiger partial charge in [0, 0.05) is 5.92 Å². The summed E-state index contributed by atoms with van der Waals surface area (Å²) in [7, 11) is 0. The van der Waals surface area contributed by atoms with Crippen molar-refractivity contribution in [1.82, 2.24) is 5.32 Å². The van der Waals surface area contributed by atoms with Gasteiger partial charge in [-0.25, -0.2) is 4.79 Å². The Morgan fingerprint density at radius 2 is 2.00 bits per heavy atom. The molecule has 1 unspecified atom stereocenters. The lowest BCUT2D eigenvalue weighted by molar-refractivity contribution is -0.146. The van der Waals surface area contributed by atoms with Crippen LogP contribution in [0.5, 0.6) is 0 Å². The number of unbranched alkanes of at least 4 members (excludes halogenated alkanes) is 1. The Balaban J connectivity index is 2.27. The molecule has 1 atom stereocenters. The number of carbonyl (C=O) groups excluding carboxylic acids is 2. The van der Waals surface area contributed by atoms with E-state index in [-0.39, 0.29) is 11.8 Å². The molecule has 5 heteroatoms. The van der Waals surface area contributed by atoms with Gasteiger partial charge in [-0.15, -0.1) is 0 Å². The quantitative estimate of drug-likeness (QED) is 0.351. The van der Waals surface area contributed by atoms with Gasteiger partial charge in [0.05, 0.1) is 6.61 Å². The fraction of sp³-hybridized carbons (Fsp3) is 0.846. The standard InChI is InChI=1S/C13H22ClNO3/c1-2-3-9-18-13(17)11(14)15-12(16)10-7-5-4-6-8-10/h10-11H,2-9H2,1H3,(H,15,16). The predicted molar refractivity (Wildman–Crippen MR) is 70.2 cm³/mol. The van der Waals surface area contributed by atoms with E-state index >= 15 is 0 Å². The van der Waals surface area contributed by atoms with Crippen LogP contribution < -0.4 is 5.32 Å². The van der Waals surface area contributed by atoms with E-state index in [1.54, 1.807) is 0 Å². The highest BCUT2D eigenvalue weighted by molar-refractivity contribution is 6.30. The summed E-state index contributed by atoms with van der Waals surface area (Å²) >= 11 is 5.82. The minimum Gasteiger partial charge on any atom is -0.463 e. The molecule has 4 nitrogen and oxygen atoms in total. The number of ether oxygens (including phenoxy) is 1. The summed E-state index contributed by atoms with van der Waals surface area (Å²) in [6, 6.07) is 0. The van der Waals surface area contributed by atoms with Crippen molar-refractivity contribution >= 4 is 23.5 Å². The van der Waals surface area contributed by atoms with Crippen molar-refractivity contribution in [1.29, 1.82) is 0 Å². The molecule has 18 heavy (non-hydrogen) atoms. The van der Waals surface area contributed by atoms with Gasteiger partial charge in [0.15, 0.2) is 0 Å². The highest BCUT2D eigenvalue weighted by Crippen LogP contribution is 2.23. The van der Waals surface area contributed by atoms with Crippen LogP contribution in [0.4, 0.5) is 0 Å². The lowest BCUT2D eigenvalue weighted by atomic mass is 9.89. The zero-order valence-electron chi connectivity index (χ0n) is 10.9. The molecule has 0 aliphatic heterocycles. The minimum absolute atomic E-state index is 0.00319. The Morgan fingerprint density at radius 1 is 1.33 bits per heavy atom. The third-order valence-electron chi connectivity index (χ3n) is 3.19. The number of rotatable bonds is 6. The molecule has 0 aromatic rings. The number of hydrogen-bond donors (Lipinski definition) is 1. The van der Waals surface area contributed by atoms with E-state index in [4.69, 9.17) is 16.3 Å². The zero-order chi connectivity index (χ0) is 13.4. The first kappa shape index (κ1) is 15.3. The summed E-state index contributed by atoms with van der Waals surface area (Å²) in [6.07, 6.45) is 6.88. The van der Waals surface area contributed by atoms with Gasteiger partial charge >= 0.3 is 5.97 Å². The van der Waals surface area contributed by atoms with Crippen molar-refractivity contribution < 1.29 is 14.3 Å². The molecule has 0 aromatic heterocycles. The van der Waals surface area contributed by atoms with E-state index in [1.807, 2.05) is 6.92 Å². The number of nitrogens with one attached hydrogen (secondary N) is 1. The van der Waals surface area contributed by atoms with Crippen molar-refractivity contribution in [3.05, 3.63) is 0 Å². The Hall–Kier alpha value is -0.770. The molecule has 0 heterocycles. The van der Waals surface area contributed by atoms with Gasteiger partial charge in [0.25, 0.3) is 0 Å². The summed E-state index contributed by atoms with van der Waals surface area (Å²) in [5.74, 6) is -0.681. The molecule has 0 spiro atoms. The molecule has 104 valence electrons. The lowest BCUT2D eigenvalue weighted by Crippen LogP contribution is -2.41. The smallest absolute Gasteiger partial charge is 0.344 e. The number of esters is 1. The number of hydrogen-bond acceptors (Lipinski definition) is 3. The molecule has 1 aliphatic rings. The van der Waals surface area contributed by atoms with Crippen molar-refractivity contribution in [3.8, 4) is 0 Å². The Labute approximate surface area is 113 Å². The largest absolute Gasteiger partial charge is 0.463 e. The van der Waals surface area contributed by atoms with E-state index in [1.165, 1.54) is 6.42 Å². The molecule has 0 bridgehead atoms. The van der Waals surface area contributed by atoms with Crippen LogP contribution in [0.15, 0.2) is 0 Å². The molecule has 0 saturated heterocycles. The van der Waals surface area contributed by atoms with E-state index in [0.717, 1.165) is 38.5 Å². The average molecular weight is 276 g/mol. The van der Waals surface area contributed by atoms with Crippen LogP contribution in [0.3, 0.4) is 0 Å². The van der Waals surface area contributed by atoms with Crippen molar-refractivity contribution in [2.24, 2.45) is 5.92 Å². The van der Waals surface area contributed by atoms with E-state index in [9.17, 15) is 9.59 Å². The van der Waals surface area contributed by atoms with Crippen LogP contribution >= 0.6 is 11.6 Å². The van der Waals surface area contributed by atoms with Crippen molar-refractivity contribution in [2.45, 2.75) is 57.4 Å². The first-order valence-corrected chi connectivity index (χ1v) is 7.20. The van der Waals surface area contributed by atoms with Gasteiger partial charge < -0.3 is 10.1 Å². The van der Waals surface area contributed by atoms with Crippen molar-refractivity contribution in [3.63, 3.8) is 0 Å². The molecular formula is C13H22ClNO3. The monoisotopic (exact) mass is 275 g/mol. The molecule has 1 fully saturated rings. The fourth-order valence-electron chi connectivity index (χ4n) is 2.06. The van der Waals surface area contributed by atoms with Gasteiger partial charge in [-0.1, -0.05) is 44.2 Å². The van der Waals surface area contributed by atoms with Crippen LogP contribution in [0, 0.1) is 5.92 Å². The van der Waals surface area contributed by atoms with Gasteiger partial charge in [-0.2, -0.15) is 0 Å². The maximum Gasteiger partial charge on any atom is 0.344 e. The van der Waals surface area contributed by atoms with E-state index < -0.39 is 11.5 Å². The lowest BCUT2D eigenvalue weighted by Gasteiger charge is -2.21. The second-order valence-corrected chi connectivity index (χ2v) is 5.16. The molecule has 1 aliphatic carbocycles. The Morgan fingerprint density at radius 3 is 2.61 bits per heavy atom. The van der Waals surface area contributed by atoms with Gasteiger partial charge in [-0.3, -0.25) is 4.79 Å². The summed E-state index contributed by atoms with van der Waals surface area (Å²) in [5.41, 5.74) is -1.06. The molecule has 0 aromatic carbocycles. The summed E-state index contributed by atoms with van der Waals surface area (Å²) < 4.78 is 4.95. The summed E-state index contributed by atoms with van der Waals surface area (Å²) in [5, 5.41) is 2.53. The average Bonchev–Trinajstić information content (AvgIpc) is 2.39. The molecule has 1 N–H and O–H groups in total. The normalized spacial score (nSPS) is 18.1. The first-order chi connectivity index (χ1) is 8.65. The van der Waals surface area contributed by atoms with Gasteiger partial charge in [0.1, 0.15) is 0 Å². The Kier molecular flexibility index (Phi) is 7.09. The Bertz CT molecular complexity index is 277. The topological polar surface area (TPSA) is 55.4 Å². The zero-order valence-corrected chi connectivity index (χ0v) is 11.7. The molecular weight excluding hydrogens is 254 g/mol. The third-order valence-corrected chi connectivity index (χ3v) is 3.48. The van der Waals surface area contributed by atoms with Crippen molar-refractivity contribution in [2.75, 3.05) is 6.61 Å². The van der Waals surface area contributed by atoms with Crippen LogP contribution in [-0.4, -0.2) is 24.0 Å². The highest BCUT2D eigenvalue weighted by Gasteiger charge is 2.25. The SMILES string of the molecule is CCCCOC(=O)C(Cl)NC(=O)C1CCCCC1. The number of halogens is 1. The number of amides is 1. The fourth-order valence-corrected chi connectivity index (χ4v) is 2.23. The minimum atomic E-state index is -1.06. The molecule has 1 rings (SSSR count). The second-order valence-electron chi connectivity index (χ2n) is 4.73. The maximum atomic E-state index is 11.8. The molecule has 1 saturated carbocycles. The third kappa shape index (κ3) is 5.25. The van der Waals surface area contributed by atoms with Crippen LogP contribution in [0.2, 0.25) is 0 Å². The van der Waals surface area contributed by atoms with Crippen LogP contribution in [0.25, 0.3) is 0 Å². The number of carbonyl (C=O) groups is 2. The first-order valence-electron chi connectivity index (χ1n) is 6.76. The summed E-state index contributed by atoms with van der Waals surface area (Å²) in [6.45, 7) is 2.37. The highest BCUT2D eigenvalue weighted by atomic mass is 35.5. The van der Waals surface area contributed by atoms with Crippen LogP contribution in [0.1, 0.15) is 51.9 Å². The predicted octanol–water partition coefficient (Wildman–Crippen LogP) is 2.59. The van der Waals surface area contributed by atoms with Crippen LogP contribution in [-0.2, 0) is 14.3 Å². The number of alkyl halides is 1. The van der Waals surface area contributed by atoms with Gasteiger partial charge in [-0.05, 0) is 19.3 Å². The summed E-state index contributed by atoms with van der Waals surface area (Å²) in [4.78, 5) is 23.3. The van der Waals surface area contributed by atoms with E-state index in [0.29, 0.717) is 6.61 Å². The van der Waals surface area contributed by atoms with E-state index in [2.05, 4.69) is 5.32 Å². The molecule has 0 radical (unpaired) electrons. The van der Waals surface area contributed by atoms with Gasteiger partial charge in [0.2, 0.25) is 11.4 Å². The second kappa shape index (κ2) is 8.35. The maximum absolute atomic E-state index is 11.8. The molecule has 1 amide bonds.